The average molecular weight is 320 g/mol. The molecule has 96 valence electrons. The smallest absolute Gasteiger partial charge is 0.207 e. The van der Waals surface area contributed by atoms with E-state index in [0.717, 1.165) is 11.1 Å². The van der Waals surface area contributed by atoms with Gasteiger partial charge in [0, 0.05) is 18.4 Å². The van der Waals surface area contributed by atoms with Gasteiger partial charge in [0.25, 0.3) is 0 Å². The third-order valence-corrected chi connectivity index (χ3v) is 4.80. The lowest BCUT2D eigenvalue weighted by Crippen LogP contribution is -2.31. The molecule has 1 unspecified atom stereocenters. The minimum absolute atomic E-state index is 0.133. The Labute approximate surface area is 112 Å². The van der Waals surface area contributed by atoms with Crippen LogP contribution in [0.5, 0.6) is 0 Å². The van der Waals surface area contributed by atoms with Crippen LogP contribution in [-0.2, 0) is 10.0 Å². The van der Waals surface area contributed by atoms with E-state index in [1.165, 1.54) is 4.31 Å². The molecule has 0 aliphatic heterocycles. The molecule has 5 heteroatoms. The first-order valence-electron chi connectivity index (χ1n) is 5.43. The Bertz CT molecular complexity index is 497. The minimum Gasteiger partial charge on any atom is -0.207 e. The summed E-state index contributed by atoms with van der Waals surface area (Å²) in [5, 5.41) is 0. The summed E-state index contributed by atoms with van der Waals surface area (Å²) in [7, 11) is -1.77. The van der Waals surface area contributed by atoms with Crippen LogP contribution >= 0.6 is 15.9 Å². The van der Waals surface area contributed by atoms with Crippen molar-refractivity contribution in [3.63, 3.8) is 0 Å². The van der Waals surface area contributed by atoms with Gasteiger partial charge in [0.15, 0.2) is 0 Å². The highest BCUT2D eigenvalue weighted by atomic mass is 79.9. The van der Waals surface area contributed by atoms with E-state index < -0.39 is 10.0 Å². The van der Waals surface area contributed by atoms with Crippen molar-refractivity contribution in [2.45, 2.75) is 30.5 Å². The summed E-state index contributed by atoms with van der Waals surface area (Å²) in [5.41, 5.74) is 2.09. The molecular weight excluding hydrogens is 302 g/mol. The van der Waals surface area contributed by atoms with Gasteiger partial charge in [0.1, 0.15) is 0 Å². The zero-order chi connectivity index (χ0) is 13.2. The molecule has 1 aromatic rings. The Morgan fingerprint density at radius 3 is 2.35 bits per heavy atom. The van der Waals surface area contributed by atoms with Crippen LogP contribution in [0.2, 0.25) is 0 Å². The fourth-order valence-electron chi connectivity index (χ4n) is 1.51. The van der Waals surface area contributed by atoms with E-state index >= 15 is 0 Å². The second kappa shape index (κ2) is 5.50. The highest BCUT2D eigenvalue weighted by Crippen LogP contribution is 2.18. The van der Waals surface area contributed by atoms with Gasteiger partial charge in [-0.15, -0.1) is 0 Å². The van der Waals surface area contributed by atoms with Crippen molar-refractivity contribution in [1.82, 2.24) is 4.31 Å². The standard InChI is InChI=1S/C12H18BrNO2S/c1-9-5-6-12(7-10(9)2)17(15,16)14(4)8-11(3)13/h5-7,11H,8H2,1-4H3. The Hall–Kier alpha value is -0.390. The van der Waals surface area contributed by atoms with E-state index in [9.17, 15) is 8.42 Å². The molecule has 0 bridgehead atoms. The predicted octanol–water partition coefficient (Wildman–Crippen LogP) is 2.71. The molecule has 1 rings (SSSR count). The monoisotopic (exact) mass is 319 g/mol. The number of hydrogen-bond donors (Lipinski definition) is 0. The van der Waals surface area contributed by atoms with Crippen molar-refractivity contribution in [2.75, 3.05) is 13.6 Å². The molecule has 0 radical (unpaired) electrons. The maximum absolute atomic E-state index is 12.2. The van der Waals surface area contributed by atoms with Gasteiger partial charge >= 0.3 is 0 Å². The van der Waals surface area contributed by atoms with E-state index in [2.05, 4.69) is 15.9 Å². The molecule has 0 saturated carbocycles. The molecule has 0 spiro atoms. The SMILES string of the molecule is Cc1ccc(S(=O)(=O)N(C)CC(C)Br)cc1C. The first-order valence-corrected chi connectivity index (χ1v) is 7.78. The largest absolute Gasteiger partial charge is 0.242 e. The van der Waals surface area contributed by atoms with Crippen molar-refractivity contribution in [1.29, 1.82) is 0 Å². The predicted molar refractivity (Wildman–Crippen MR) is 74.1 cm³/mol. The van der Waals surface area contributed by atoms with E-state index in [1.807, 2.05) is 26.8 Å². The van der Waals surface area contributed by atoms with Crippen molar-refractivity contribution in [3.05, 3.63) is 29.3 Å². The molecule has 0 heterocycles. The first-order chi connectivity index (χ1) is 7.75. The molecule has 0 saturated heterocycles. The molecule has 0 N–H and O–H groups in total. The molecule has 0 fully saturated rings. The summed E-state index contributed by atoms with van der Waals surface area (Å²) in [5.74, 6) is 0. The van der Waals surface area contributed by atoms with Crippen LogP contribution in [-0.4, -0.2) is 31.1 Å². The zero-order valence-corrected chi connectivity index (χ0v) is 13.0. The van der Waals surface area contributed by atoms with Crippen LogP contribution in [0.25, 0.3) is 0 Å². The third-order valence-electron chi connectivity index (χ3n) is 2.70. The van der Waals surface area contributed by atoms with Crippen molar-refractivity contribution in [2.24, 2.45) is 0 Å². The van der Waals surface area contributed by atoms with E-state index in [4.69, 9.17) is 0 Å². The lowest BCUT2D eigenvalue weighted by atomic mass is 10.1. The Morgan fingerprint density at radius 2 is 1.88 bits per heavy atom. The van der Waals surface area contributed by atoms with Crippen LogP contribution in [0.3, 0.4) is 0 Å². The second-order valence-corrected chi connectivity index (χ2v) is 7.92. The van der Waals surface area contributed by atoms with Crippen molar-refractivity contribution in [3.8, 4) is 0 Å². The molecule has 0 aromatic heterocycles. The molecule has 3 nitrogen and oxygen atoms in total. The quantitative estimate of drug-likeness (QED) is 0.800. The van der Waals surface area contributed by atoms with Crippen LogP contribution < -0.4 is 0 Å². The summed E-state index contributed by atoms with van der Waals surface area (Å²) in [6, 6.07) is 5.22. The third kappa shape index (κ3) is 3.53. The van der Waals surface area contributed by atoms with Gasteiger partial charge in [0.05, 0.1) is 4.90 Å². The number of rotatable bonds is 4. The van der Waals surface area contributed by atoms with Gasteiger partial charge in [-0.1, -0.05) is 28.9 Å². The summed E-state index contributed by atoms with van der Waals surface area (Å²) in [4.78, 5) is 0.491. The van der Waals surface area contributed by atoms with Gasteiger partial charge in [-0.3, -0.25) is 0 Å². The fourth-order valence-corrected chi connectivity index (χ4v) is 3.48. The lowest BCUT2D eigenvalue weighted by Gasteiger charge is -2.19. The highest BCUT2D eigenvalue weighted by Gasteiger charge is 2.21. The van der Waals surface area contributed by atoms with Crippen LogP contribution in [0.4, 0.5) is 0 Å². The number of hydrogen-bond acceptors (Lipinski definition) is 2. The lowest BCUT2D eigenvalue weighted by molar-refractivity contribution is 0.473. The van der Waals surface area contributed by atoms with E-state index in [0.29, 0.717) is 11.4 Å². The van der Waals surface area contributed by atoms with Gasteiger partial charge in [-0.25, -0.2) is 8.42 Å². The van der Waals surface area contributed by atoms with Gasteiger partial charge in [-0.2, -0.15) is 4.31 Å². The molecule has 1 aromatic carbocycles. The van der Waals surface area contributed by atoms with Gasteiger partial charge < -0.3 is 0 Å². The minimum atomic E-state index is -3.37. The maximum Gasteiger partial charge on any atom is 0.242 e. The summed E-state index contributed by atoms with van der Waals surface area (Å²) < 4.78 is 25.8. The number of aryl methyl sites for hydroxylation is 2. The Balaban J connectivity index is 3.09. The normalized spacial score (nSPS) is 14.0. The average Bonchev–Trinajstić information content (AvgIpc) is 2.20. The van der Waals surface area contributed by atoms with Crippen LogP contribution in [0.1, 0.15) is 18.1 Å². The Kier molecular flexibility index (Phi) is 4.75. The van der Waals surface area contributed by atoms with E-state index in [-0.39, 0.29) is 4.83 Å². The summed E-state index contributed by atoms with van der Waals surface area (Å²) in [6.07, 6.45) is 0. The number of halogens is 1. The Morgan fingerprint density at radius 1 is 1.29 bits per heavy atom. The maximum atomic E-state index is 12.2. The zero-order valence-electron chi connectivity index (χ0n) is 10.6. The summed E-state index contributed by atoms with van der Waals surface area (Å²) in [6.45, 7) is 6.26. The number of alkyl halides is 1. The molecule has 17 heavy (non-hydrogen) atoms. The molecule has 0 aliphatic carbocycles. The molecular formula is C12H18BrNO2S. The number of nitrogens with zero attached hydrogens (tertiary/aromatic N) is 1. The topological polar surface area (TPSA) is 37.4 Å². The van der Waals surface area contributed by atoms with E-state index in [1.54, 1.807) is 19.2 Å². The van der Waals surface area contributed by atoms with Crippen molar-refractivity contribution >= 4 is 26.0 Å². The highest BCUT2D eigenvalue weighted by molar-refractivity contribution is 9.09. The van der Waals surface area contributed by atoms with Crippen molar-refractivity contribution < 1.29 is 8.42 Å². The fraction of sp³-hybridized carbons (Fsp3) is 0.500. The van der Waals surface area contributed by atoms with Gasteiger partial charge in [-0.05, 0) is 37.1 Å². The molecule has 1 atom stereocenters. The van der Waals surface area contributed by atoms with Gasteiger partial charge in [0.2, 0.25) is 10.0 Å². The number of sulfonamides is 1. The summed E-state index contributed by atoms with van der Waals surface area (Å²) >= 11 is 3.36. The molecule has 0 amide bonds. The second-order valence-electron chi connectivity index (χ2n) is 4.31. The molecule has 0 aliphatic rings. The first kappa shape index (κ1) is 14.7. The van der Waals surface area contributed by atoms with Crippen LogP contribution in [0.15, 0.2) is 23.1 Å². The number of benzene rings is 1. The van der Waals surface area contributed by atoms with Crippen LogP contribution in [0, 0.1) is 13.8 Å².